The number of hydrogen-bond acceptors (Lipinski definition) is 4. The summed E-state index contributed by atoms with van der Waals surface area (Å²) in [7, 11) is 0. The van der Waals surface area contributed by atoms with Crippen molar-refractivity contribution in [2.24, 2.45) is 0 Å². The van der Waals surface area contributed by atoms with Gasteiger partial charge in [0.05, 0.1) is 0 Å². The van der Waals surface area contributed by atoms with Gasteiger partial charge in [-0.3, -0.25) is 4.40 Å². The van der Waals surface area contributed by atoms with Gasteiger partial charge in [0.2, 0.25) is 0 Å². The van der Waals surface area contributed by atoms with Crippen LogP contribution in [-0.2, 0) is 0 Å². The van der Waals surface area contributed by atoms with E-state index in [1.807, 2.05) is 30.3 Å². The number of hydrogen-bond donors (Lipinski definition) is 2. The number of nitrogens with two attached hydrogens (primary N) is 1. The molecular weight excluding hydrogens is 228 g/mol. The number of benzene rings is 1. The fraction of sp³-hybridized carbons (Fsp3) is 0.0769. The largest absolute Gasteiger partial charge is 0.398 e. The number of aliphatic hydroxyl groups is 1. The molecule has 1 aromatic carbocycles. The average Bonchev–Trinajstić information content (AvgIpc) is 2.82. The quantitative estimate of drug-likeness (QED) is 0.709. The number of rotatable bonds is 2. The van der Waals surface area contributed by atoms with Crippen molar-refractivity contribution >= 4 is 11.3 Å². The van der Waals surface area contributed by atoms with Crippen LogP contribution in [0, 0.1) is 0 Å². The molecule has 1 atom stereocenters. The molecule has 0 aliphatic carbocycles. The summed E-state index contributed by atoms with van der Waals surface area (Å²) in [5, 5.41) is 18.3. The number of nitrogen functional groups attached to an aromatic ring is 1. The van der Waals surface area contributed by atoms with Gasteiger partial charge in [-0.15, -0.1) is 10.2 Å². The molecule has 0 saturated carbocycles. The highest BCUT2D eigenvalue weighted by molar-refractivity contribution is 5.47. The molecule has 0 bridgehead atoms. The Bertz CT molecular complexity index is 678. The summed E-state index contributed by atoms with van der Waals surface area (Å²) in [6.45, 7) is 0. The van der Waals surface area contributed by atoms with Gasteiger partial charge in [-0.2, -0.15) is 0 Å². The first kappa shape index (κ1) is 10.7. The molecule has 3 aromatic rings. The van der Waals surface area contributed by atoms with Crippen LogP contribution in [-0.4, -0.2) is 19.7 Å². The third kappa shape index (κ3) is 1.70. The van der Waals surface area contributed by atoms with E-state index in [2.05, 4.69) is 10.2 Å². The Morgan fingerprint density at radius 1 is 1.06 bits per heavy atom. The lowest BCUT2D eigenvalue weighted by Gasteiger charge is -2.09. The molecule has 0 saturated heterocycles. The molecule has 2 heterocycles. The minimum Gasteiger partial charge on any atom is -0.398 e. The van der Waals surface area contributed by atoms with E-state index in [0.717, 1.165) is 5.56 Å². The van der Waals surface area contributed by atoms with Crippen LogP contribution in [0.3, 0.4) is 0 Å². The molecule has 3 rings (SSSR count). The van der Waals surface area contributed by atoms with E-state index >= 15 is 0 Å². The first-order valence-electron chi connectivity index (χ1n) is 5.59. The summed E-state index contributed by atoms with van der Waals surface area (Å²) in [5.74, 6) is 0.462. The zero-order chi connectivity index (χ0) is 12.5. The summed E-state index contributed by atoms with van der Waals surface area (Å²) in [5.41, 5.74) is 7.77. The Labute approximate surface area is 104 Å². The van der Waals surface area contributed by atoms with Crippen molar-refractivity contribution in [3.8, 4) is 0 Å². The van der Waals surface area contributed by atoms with Gasteiger partial charge in [0.15, 0.2) is 11.5 Å². The molecule has 0 amide bonds. The first-order chi connectivity index (χ1) is 8.75. The van der Waals surface area contributed by atoms with Crippen LogP contribution in [0.4, 0.5) is 5.69 Å². The van der Waals surface area contributed by atoms with E-state index in [4.69, 9.17) is 5.73 Å². The summed E-state index contributed by atoms with van der Waals surface area (Å²) >= 11 is 0. The highest BCUT2D eigenvalue weighted by Gasteiger charge is 2.16. The molecule has 0 fully saturated rings. The Kier molecular flexibility index (Phi) is 2.46. The summed E-state index contributed by atoms with van der Waals surface area (Å²) in [6, 6.07) is 12.9. The molecule has 3 N–H and O–H groups in total. The van der Waals surface area contributed by atoms with Gasteiger partial charge < -0.3 is 10.8 Å². The van der Waals surface area contributed by atoms with Crippen molar-refractivity contribution < 1.29 is 5.11 Å². The van der Waals surface area contributed by atoms with E-state index in [9.17, 15) is 5.11 Å². The highest BCUT2D eigenvalue weighted by atomic mass is 16.3. The summed E-state index contributed by atoms with van der Waals surface area (Å²) < 4.78 is 1.70. The van der Waals surface area contributed by atoms with Crippen LogP contribution < -0.4 is 5.73 Å². The Balaban J connectivity index is 2.12. The second-order valence-electron chi connectivity index (χ2n) is 4.06. The lowest BCUT2D eigenvalue weighted by Crippen LogP contribution is -2.05. The molecule has 90 valence electrons. The van der Waals surface area contributed by atoms with Crippen LogP contribution >= 0.6 is 0 Å². The SMILES string of the molecule is Nc1ccc2nnc(C(O)c3ccccc3)n2c1. The van der Waals surface area contributed by atoms with Gasteiger partial charge in [0.25, 0.3) is 0 Å². The van der Waals surface area contributed by atoms with Gasteiger partial charge in [-0.25, -0.2) is 0 Å². The molecule has 5 heteroatoms. The molecule has 18 heavy (non-hydrogen) atoms. The van der Waals surface area contributed by atoms with E-state index in [-0.39, 0.29) is 0 Å². The van der Waals surface area contributed by atoms with Gasteiger partial charge in [0, 0.05) is 11.9 Å². The lowest BCUT2D eigenvalue weighted by atomic mass is 10.1. The zero-order valence-electron chi connectivity index (χ0n) is 9.56. The van der Waals surface area contributed by atoms with Gasteiger partial charge >= 0.3 is 0 Å². The number of aromatic nitrogens is 3. The van der Waals surface area contributed by atoms with E-state index in [1.54, 1.807) is 22.7 Å². The van der Waals surface area contributed by atoms with Crippen LogP contribution in [0.1, 0.15) is 17.5 Å². The van der Waals surface area contributed by atoms with Crippen LogP contribution in [0.15, 0.2) is 48.7 Å². The summed E-state index contributed by atoms with van der Waals surface area (Å²) in [6.07, 6.45) is 0.889. The number of nitrogens with zero attached hydrogens (tertiary/aromatic N) is 3. The molecular formula is C13H12N4O. The topological polar surface area (TPSA) is 76.4 Å². The van der Waals surface area contributed by atoms with Crippen molar-refractivity contribution in [2.75, 3.05) is 5.73 Å². The van der Waals surface area contributed by atoms with E-state index in [0.29, 0.717) is 17.2 Å². The zero-order valence-corrected chi connectivity index (χ0v) is 9.56. The lowest BCUT2D eigenvalue weighted by molar-refractivity contribution is 0.208. The van der Waals surface area contributed by atoms with E-state index < -0.39 is 6.10 Å². The number of aliphatic hydroxyl groups excluding tert-OH is 1. The first-order valence-corrected chi connectivity index (χ1v) is 5.59. The highest BCUT2D eigenvalue weighted by Crippen LogP contribution is 2.21. The predicted molar refractivity (Wildman–Crippen MR) is 67.9 cm³/mol. The smallest absolute Gasteiger partial charge is 0.171 e. The maximum atomic E-state index is 10.3. The maximum Gasteiger partial charge on any atom is 0.171 e. The molecule has 1 unspecified atom stereocenters. The molecule has 2 aromatic heterocycles. The standard InChI is InChI=1S/C13H12N4O/c14-10-6-7-11-15-16-13(17(11)8-10)12(18)9-4-2-1-3-5-9/h1-8,12,18H,14H2. The van der Waals surface area contributed by atoms with Gasteiger partial charge in [-0.1, -0.05) is 30.3 Å². The number of pyridine rings is 1. The van der Waals surface area contributed by atoms with Crippen molar-refractivity contribution in [2.45, 2.75) is 6.10 Å². The second kappa shape index (κ2) is 4.12. The van der Waals surface area contributed by atoms with E-state index in [1.165, 1.54) is 0 Å². The van der Waals surface area contributed by atoms with Crippen molar-refractivity contribution in [1.29, 1.82) is 0 Å². The normalized spacial score (nSPS) is 12.7. The monoisotopic (exact) mass is 240 g/mol. The molecule has 0 aliphatic rings. The third-order valence-electron chi connectivity index (χ3n) is 2.81. The number of anilines is 1. The Morgan fingerprint density at radius 3 is 2.61 bits per heavy atom. The van der Waals surface area contributed by atoms with Crippen molar-refractivity contribution in [1.82, 2.24) is 14.6 Å². The van der Waals surface area contributed by atoms with Crippen molar-refractivity contribution in [3.05, 3.63) is 60.0 Å². The van der Waals surface area contributed by atoms with Crippen molar-refractivity contribution in [3.63, 3.8) is 0 Å². The fourth-order valence-corrected chi connectivity index (χ4v) is 1.90. The maximum absolute atomic E-state index is 10.3. The second-order valence-corrected chi connectivity index (χ2v) is 4.06. The average molecular weight is 240 g/mol. The number of fused-ring (bicyclic) bond motifs is 1. The third-order valence-corrected chi connectivity index (χ3v) is 2.81. The van der Waals surface area contributed by atoms with Crippen LogP contribution in [0.2, 0.25) is 0 Å². The van der Waals surface area contributed by atoms with Crippen LogP contribution in [0.25, 0.3) is 5.65 Å². The summed E-state index contributed by atoms with van der Waals surface area (Å²) in [4.78, 5) is 0. The minimum atomic E-state index is -0.817. The molecule has 0 spiro atoms. The molecule has 5 nitrogen and oxygen atoms in total. The molecule has 0 aliphatic heterocycles. The Hall–Kier alpha value is -2.40. The van der Waals surface area contributed by atoms with Gasteiger partial charge in [-0.05, 0) is 17.7 Å². The minimum absolute atomic E-state index is 0.462. The van der Waals surface area contributed by atoms with Gasteiger partial charge in [0.1, 0.15) is 6.10 Å². The molecule has 0 radical (unpaired) electrons. The fourth-order valence-electron chi connectivity index (χ4n) is 1.90. The Morgan fingerprint density at radius 2 is 1.83 bits per heavy atom. The predicted octanol–water partition coefficient (Wildman–Crippen LogP) is 1.39. The van der Waals surface area contributed by atoms with Crippen LogP contribution in [0.5, 0.6) is 0 Å².